The molecular weight excluding hydrogens is 1540 g/mol. The van der Waals surface area contributed by atoms with Gasteiger partial charge in [-0.05, 0) is 113 Å². The number of amides is 5. The highest BCUT2D eigenvalue weighted by atomic mass is 32.1. The molecule has 0 bridgehead atoms. The van der Waals surface area contributed by atoms with Gasteiger partial charge in [0.05, 0.1) is 93.7 Å². The van der Waals surface area contributed by atoms with E-state index in [0.29, 0.717) is 109 Å². The van der Waals surface area contributed by atoms with E-state index >= 15 is 8.78 Å². The van der Waals surface area contributed by atoms with Crippen molar-refractivity contribution in [2.75, 3.05) is 115 Å². The number of carbonyl (C=O) groups excluding carboxylic acids is 5. The molecule has 4 unspecified atom stereocenters. The Balaban J connectivity index is 0.000000131. The van der Waals surface area contributed by atoms with Crippen LogP contribution in [0.15, 0.2) is 143 Å². The van der Waals surface area contributed by atoms with Crippen molar-refractivity contribution >= 4 is 93.1 Å². The van der Waals surface area contributed by atoms with Crippen LogP contribution in [-0.2, 0) is 49.8 Å². The Kier molecular flexibility index (Phi) is 25.8. The van der Waals surface area contributed by atoms with Gasteiger partial charge in [0.1, 0.15) is 17.2 Å². The van der Waals surface area contributed by atoms with Crippen molar-refractivity contribution in [2.24, 2.45) is 14.1 Å². The van der Waals surface area contributed by atoms with Crippen molar-refractivity contribution < 1.29 is 37.5 Å². The summed E-state index contributed by atoms with van der Waals surface area (Å²) in [7, 11) is 3.68. The van der Waals surface area contributed by atoms with Crippen LogP contribution in [0.25, 0.3) is 21.8 Å². The number of pyridine rings is 2. The Morgan fingerprint density at radius 2 is 0.992 bits per heavy atom. The molecule has 0 saturated carbocycles. The Labute approximate surface area is 693 Å². The molecule has 9 aliphatic rings. The van der Waals surface area contributed by atoms with E-state index in [2.05, 4.69) is 164 Å². The summed E-state index contributed by atoms with van der Waals surface area (Å²) in [5.41, 5.74) is 10.9. The van der Waals surface area contributed by atoms with Crippen molar-refractivity contribution in [3.8, 4) is 21.8 Å². The molecule has 10 N–H and O–H groups in total. The molecule has 35 heteroatoms. The number of allylic oxidation sites excluding steroid dienone is 3. The second-order valence-corrected chi connectivity index (χ2v) is 31.5. The van der Waals surface area contributed by atoms with E-state index in [4.69, 9.17) is 4.74 Å². The Morgan fingerprint density at radius 1 is 0.504 bits per heavy atom. The minimum Gasteiger partial charge on any atom is -0.378 e. The van der Waals surface area contributed by atoms with E-state index in [1.807, 2.05) is 57.7 Å². The van der Waals surface area contributed by atoms with Gasteiger partial charge in [0.2, 0.25) is 17.8 Å². The van der Waals surface area contributed by atoms with Crippen LogP contribution in [0.3, 0.4) is 0 Å². The largest absolute Gasteiger partial charge is 0.378 e. The third-order valence-electron chi connectivity index (χ3n) is 22.0. The topological polar surface area (TPSA) is 357 Å². The average molecular weight is 1640 g/mol. The van der Waals surface area contributed by atoms with Gasteiger partial charge >= 0.3 is 0 Å². The van der Waals surface area contributed by atoms with Gasteiger partial charge in [-0.25, -0.2) is 38.7 Å². The Hall–Kier alpha value is -12.9. The normalized spacial score (nSPS) is 18.9. The highest BCUT2D eigenvalue weighted by Crippen LogP contribution is 2.38. The number of nitrogens with zero attached hydrogens (tertiary/aromatic N) is 16. The number of fused-ring (bicyclic) bond motifs is 4. The number of carbonyl (C=O) groups is 5. The summed E-state index contributed by atoms with van der Waals surface area (Å²) in [6, 6.07) is 8.13. The number of thiazole rings is 1. The minimum absolute atomic E-state index is 0.0339. The maximum Gasteiger partial charge on any atom is 0.257 e. The number of likely N-dealkylation sites (tertiary alicyclic amines) is 4. The number of aryl methyl sites for hydroxylation is 3. The van der Waals surface area contributed by atoms with Gasteiger partial charge in [0.15, 0.2) is 23.3 Å². The van der Waals surface area contributed by atoms with Crippen molar-refractivity contribution in [3.63, 3.8) is 0 Å². The smallest absolute Gasteiger partial charge is 0.257 e. The number of morpholine rings is 1. The summed E-state index contributed by atoms with van der Waals surface area (Å²) in [5.74, 6) is 0.0210. The first-order valence-corrected chi connectivity index (χ1v) is 40.8. The number of hydrogen-bond acceptors (Lipinski definition) is 26. The predicted octanol–water partition coefficient (Wildman–Crippen LogP) is 9.96. The van der Waals surface area contributed by atoms with Crippen LogP contribution in [0.5, 0.6) is 0 Å². The summed E-state index contributed by atoms with van der Waals surface area (Å²) < 4.78 is 39.4. The van der Waals surface area contributed by atoms with Crippen LogP contribution < -0.4 is 58.1 Å². The quantitative estimate of drug-likeness (QED) is 0.0223. The van der Waals surface area contributed by atoms with Gasteiger partial charge in [-0.1, -0.05) is 46.1 Å². The number of rotatable bonds is 22. The summed E-state index contributed by atoms with van der Waals surface area (Å²) >= 11 is 1.44. The molecule has 32 nitrogen and oxygen atoms in total. The van der Waals surface area contributed by atoms with Gasteiger partial charge in [-0.15, -0.1) is 11.3 Å². The van der Waals surface area contributed by atoms with Crippen LogP contribution in [-0.4, -0.2) is 206 Å². The lowest BCUT2D eigenvalue weighted by atomic mass is 10.0. The fraction of sp³-hybridized carbons (Fsp3) is 0.381. The molecule has 4 atom stereocenters. The third-order valence-corrected chi connectivity index (χ3v) is 23.0. The van der Waals surface area contributed by atoms with Gasteiger partial charge in [-0.3, -0.25) is 33.3 Å². The van der Waals surface area contributed by atoms with Crippen molar-refractivity contribution in [1.29, 1.82) is 0 Å². The number of anilines is 9. The molecule has 5 amide bonds. The Bertz CT molecular complexity index is 5250. The average Bonchev–Trinajstić information content (AvgIpc) is 1.64. The monoisotopic (exact) mass is 1640 g/mol. The molecule has 1 aromatic carbocycles. The number of nitrogens with one attached hydrogen (secondary N) is 10. The highest BCUT2D eigenvalue weighted by Gasteiger charge is 2.36. The zero-order valence-electron chi connectivity index (χ0n) is 67.2. The molecular formula is C84H100F2N26O6S. The van der Waals surface area contributed by atoms with Crippen LogP contribution in [0.4, 0.5) is 61.0 Å². The molecule has 0 spiro atoms. The molecule has 119 heavy (non-hydrogen) atoms. The number of piperidine rings is 3. The van der Waals surface area contributed by atoms with E-state index in [-0.39, 0.29) is 89.6 Å². The first kappa shape index (κ1) is 82.6. The maximum absolute atomic E-state index is 15.4. The predicted molar refractivity (Wildman–Crippen MR) is 455 cm³/mol. The van der Waals surface area contributed by atoms with Crippen molar-refractivity contribution in [2.45, 2.75) is 115 Å². The fourth-order valence-electron chi connectivity index (χ4n) is 15.8. The first-order valence-electron chi connectivity index (χ1n) is 40.0. The van der Waals surface area contributed by atoms with Gasteiger partial charge in [0, 0.05) is 181 Å². The van der Waals surface area contributed by atoms with Crippen LogP contribution in [0, 0.1) is 18.6 Å². The van der Waals surface area contributed by atoms with Gasteiger partial charge < -0.3 is 82.4 Å². The van der Waals surface area contributed by atoms with Crippen molar-refractivity contribution in [3.05, 3.63) is 204 Å². The number of aromatic nitrogens is 11. The SMILES string of the molecule is C=CC(=C)N1CCCC(Nc2nc(-c3cnc(C)s3)c3c(c2F)CNC3=O)C1.C=CC(=C)N1CCCC(Nc2nc3c(c(-c4cnn(C)c4)n2)C(=O)NC3)C1.C=CC(=C)N1CCCC(Nc2nc3c(c(Nc4cnn(C)c4)n2)C(=O)NC3)C1.C=CC(=O)N1CCCCC(Nc2nc(Nc3ccc(N4CCOCC4)cc3)c3c(c2F)CNC3=O)C1. The summed E-state index contributed by atoms with van der Waals surface area (Å²) in [4.78, 5) is 105. The lowest BCUT2D eigenvalue weighted by Crippen LogP contribution is -2.41. The minimum atomic E-state index is -0.539. The number of benzene rings is 1. The van der Waals surface area contributed by atoms with E-state index in [0.717, 1.165) is 159 Å². The zero-order chi connectivity index (χ0) is 83.5. The number of ether oxygens (including phenoxy) is 1. The lowest BCUT2D eigenvalue weighted by molar-refractivity contribution is -0.126. The van der Waals surface area contributed by atoms with Crippen LogP contribution >= 0.6 is 11.3 Å². The van der Waals surface area contributed by atoms with E-state index in [9.17, 15) is 24.0 Å². The molecule has 0 radical (unpaired) electrons. The van der Waals surface area contributed by atoms with Gasteiger partial charge in [-0.2, -0.15) is 15.2 Å². The van der Waals surface area contributed by atoms with Crippen LogP contribution in [0.1, 0.15) is 127 Å². The molecule has 7 aromatic heterocycles. The molecule has 622 valence electrons. The van der Waals surface area contributed by atoms with Crippen LogP contribution in [0.2, 0.25) is 0 Å². The summed E-state index contributed by atoms with van der Waals surface area (Å²) in [6.07, 6.45) is 24.0. The molecule has 9 aliphatic heterocycles. The van der Waals surface area contributed by atoms with Crippen molar-refractivity contribution in [1.82, 2.24) is 95.3 Å². The second kappa shape index (κ2) is 37.1. The standard InChI is InChI=1S/C26H31FN6O3.C20H22FN5OS.C19H24N8O.C19H23N7O/c1-2-21(34)33-10-4-3-5-18(16-33)30-25-23(27)20-15-28-26(35)22(20)24(31-25)29-17-6-8-19(9-7-17)32-11-13-36-14-12-32;1-4-11(2)26-7-5-6-13(10-26)24-19-17(21)14-8-23-20(27)16(14)18(25-19)15-9-22-12(3)28-15;1-4-12(2)27-7-5-6-13(11-27)23-19-24-15-9-20-18(28)16(15)17(25-19)22-14-8-21-26(3)10-14;1-4-12(2)26-7-5-6-14(11-26)22-19-23-15-9-20-18(27)16(15)17(24-19)13-8-21-25(3)10-13/h2,6-9,18H,1,3-5,10-16H2,(H,28,35)(H2,29,30,31);4,9,13H,1-2,5-8,10H2,3H3,(H,23,27)(H,24,25);4,8,10,13H,1-2,5-7,9,11H2,3H3,(H,20,28)(H2,22,23,24,25);4,8,10,14H,1-2,5-7,9,11H2,3H3,(H,20,27)(H,22,23,24). The zero-order valence-corrected chi connectivity index (χ0v) is 68.0. The molecule has 0 aliphatic carbocycles. The fourth-order valence-corrected chi connectivity index (χ4v) is 16.6. The molecule has 16 heterocycles. The highest BCUT2D eigenvalue weighted by molar-refractivity contribution is 7.15. The first-order chi connectivity index (χ1) is 57.6. The van der Waals surface area contributed by atoms with Gasteiger partial charge in [0.25, 0.3) is 23.6 Å². The van der Waals surface area contributed by atoms with E-state index in [1.165, 1.54) is 17.4 Å². The summed E-state index contributed by atoms with van der Waals surface area (Å²) in [5, 5.41) is 40.0. The maximum atomic E-state index is 15.4. The number of halogens is 2. The number of hydrogen-bond donors (Lipinski definition) is 10. The Morgan fingerprint density at radius 3 is 1.55 bits per heavy atom. The molecule has 5 saturated heterocycles. The lowest BCUT2D eigenvalue weighted by Gasteiger charge is -2.35. The molecule has 17 rings (SSSR count). The molecule has 8 aromatic rings. The van der Waals surface area contributed by atoms with E-state index < -0.39 is 11.6 Å². The molecule has 5 fully saturated rings. The third kappa shape index (κ3) is 19.2. The summed E-state index contributed by atoms with van der Waals surface area (Å²) in [6.45, 7) is 39.4. The second-order valence-electron chi connectivity index (χ2n) is 30.3. The van der Waals surface area contributed by atoms with E-state index in [1.54, 1.807) is 51.1 Å².